The molecule has 3 rings (SSSR count). The number of rotatable bonds is 3. The van der Waals surface area contributed by atoms with Crippen LogP contribution in [0.5, 0.6) is 0 Å². The number of ether oxygens (including phenoxy) is 2. The Labute approximate surface area is 119 Å². The van der Waals surface area contributed by atoms with Crippen LogP contribution in [0.4, 0.5) is 0 Å². The molecule has 1 aliphatic heterocycles. The first kappa shape index (κ1) is 13.6. The normalized spacial score (nSPS) is 28.9. The molecule has 1 fully saturated rings. The van der Waals surface area contributed by atoms with Gasteiger partial charge in [0.05, 0.1) is 19.1 Å². The van der Waals surface area contributed by atoms with Crippen molar-refractivity contribution >= 4 is 5.97 Å². The van der Waals surface area contributed by atoms with Gasteiger partial charge in [0.15, 0.2) is 0 Å². The lowest BCUT2D eigenvalue weighted by atomic mass is 9.89. The Morgan fingerprint density at radius 2 is 2.20 bits per heavy atom. The molecule has 3 atom stereocenters. The molecule has 20 heavy (non-hydrogen) atoms. The number of esters is 1. The number of aryl methyl sites for hydroxylation is 1. The van der Waals surface area contributed by atoms with Crippen LogP contribution in [0.3, 0.4) is 0 Å². The average Bonchev–Trinajstić information content (AvgIpc) is 2.96. The average molecular weight is 275 g/mol. The Balaban J connectivity index is 1.71. The molecule has 4 heteroatoms. The van der Waals surface area contributed by atoms with E-state index in [0.29, 0.717) is 13.2 Å². The molecular formula is C16H21NO3. The molecule has 2 aliphatic rings. The fourth-order valence-corrected chi connectivity index (χ4v) is 3.13. The topological polar surface area (TPSA) is 47.6 Å². The fourth-order valence-electron chi connectivity index (χ4n) is 3.13. The number of nitrogens with one attached hydrogen (secondary N) is 1. The Hall–Kier alpha value is -1.39. The van der Waals surface area contributed by atoms with Gasteiger partial charge in [0, 0.05) is 6.04 Å². The lowest BCUT2D eigenvalue weighted by Crippen LogP contribution is -2.38. The SMILES string of the molecule is CNC1COCC1C(=O)OC1CCCc2ccccc21. The van der Waals surface area contributed by atoms with Crippen molar-refractivity contribution in [2.24, 2.45) is 5.92 Å². The maximum Gasteiger partial charge on any atom is 0.313 e. The molecule has 0 saturated carbocycles. The van der Waals surface area contributed by atoms with Crippen molar-refractivity contribution in [1.82, 2.24) is 5.32 Å². The largest absolute Gasteiger partial charge is 0.457 e. The predicted molar refractivity (Wildman–Crippen MR) is 75.4 cm³/mol. The number of carbonyl (C=O) groups excluding carboxylic acids is 1. The first-order valence-electron chi connectivity index (χ1n) is 7.33. The van der Waals surface area contributed by atoms with E-state index in [0.717, 1.165) is 19.3 Å². The van der Waals surface area contributed by atoms with Crippen molar-refractivity contribution in [2.75, 3.05) is 20.3 Å². The van der Waals surface area contributed by atoms with E-state index in [1.807, 2.05) is 19.2 Å². The molecule has 1 N–H and O–H groups in total. The second-order valence-corrected chi connectivity index (χ2v) is 5.56. The van der Waals surface area contributed by atoms with Gasteiger partial charge in [-0.15, -0.1) is 0 Å². The minimum atomic E-state index is -0.186. The maximum absolute atomic E-state index is 12.4. The monoisotopic (exact) mass is 275 g/mol. The zero-order valence-electron chi connectivity index (χ0n) is 11.8. The second-order valence-electron chi connectivity index (χ2n) is 5.56. The number of carbonyl (C=O) groups is 1. The summed E-state index contributed by atoms with van der Waals surface area (Å²) in [5, 5.41) is 3.13. The van der Waals surface area contributed by atoms with Gasteiger partial charge in [-0.1, -0.05) is 24.3 Å². The Kier molecular flexibility index (Phi) is 4.03. The molecular weight excluding hydrogens is 254 g/mol. The van der Waals surface area contributed by atoms with Gasteiger partial charge in [0.25, 0.3) is 0 Å². The zero-order chi connectivity index (χ0) is 13.9. The van der Waals surface area contributed by atoms with Crippen LogP contribution in [0.1, 0.15) is 30.1 Å². The standard InChI is InChI=1S/C16H21NO3/c1-17-14-10-19-9-13(14)16(18)20-15-8-4-6-11-5-2-3-7-12(11)15/h2-3,5,7,13-15,17H,4,6,8-10H2,1H3. The van der Waals surface area contributed by atoms with Crippen LogP contribution in [0.15, 0.2) is 24.3 Å². The van der Waals surface area contributed by atoms with E-state index in [1.165, 1.54) is 11.1 Å². The number of benzene rings is 1. The van der Waals surface area contributed by atoms with Gasteiger partial charge >= 0.3 is 5.97 Å². The van der Waals surface area contributed by atoms with Crippen LogP contribution in [0.2, 0.25) is 0 Å². The summed E-state index contributed by atoms with van der Waals surface area (Å²) in [6.45, 7) is 1.04. The molecule has 1 heterocycles. The summed E-state index contributed by atoms with van der Waals surface area (Å²) < 4.78 is 11.2. The van der Waals surface area contributed by atoms with Gasteiger partial charge in [-0.05, 0) is 37.4 Å². The summed E-state index contributed by atoms with van der Waals surface area (Å²) in [4.78, 5) is 12.4. The first-order chi connectivity index (χ1) is 9.79. The summed E-state index contributed by atoms with van der Waals surface area (Å²) in [5.41, 5.74) is 2.48. The van der Waals surface area contributed by atoms with E-state index in [-0.39, 0.29) is 24.0 Å². The zero-order valence-corrected chi connectivity index (χ0v) is 11.8. The summed E-state index contributed by atoms with van der Waals surface area (Å²) >= 11 is 0. The summed E-state index contributed by atoms with van der Waals surface area (Å²) in [6, 6.07) is 8.34. The van der Waals surface area contributed by atoms with Gasteiger partial charge in [-0.2, -0.15) is 0 Å². The van der Waals surface area contributed by atoms with E-state index in [4.69, 9.17) is 9.47 Å². The van der Waals surface area contributed by atoms with Crippen molar-refractivity contribution in [3.63, 3.8) is 0 Å². The number of fused-ring (bicyclic) bond motifs is 1. The maximum atomic E-state index is 12.4. The van der Waals surface area contributed by atoms with E-state index in [9.17, 15) is 4.79 Å². The quantitative estimate of drug-likeness (QED) is 0.855. The smallest absolute Gasteiger partial charge is 0.313 e. The lowest BCUT2D eigenvalue weighted by Gasteiger charge is -2.27. The molecule has 1 aliphatic carbocycles. The van der Waals surface area contributed by atoms with Crippen LogP contribution in [0.25, 0.3) is 0 Å². The van der Waals surface area contributed by atoms with Crippen LogP contribution in [-0.4, -0.2) is 32.3 Å². The first-order valence-corrected chi connectivity index (χ1v) is 7.33. The third-order valence-corrected chi connectivity index (χ3v) is 4.33. The highest BCUT2D eigenvalue weighted by Crippen LogP contribution is 2.33. The molecule has 1 saturated heterocycles. The van der Waals surface area contributed by atoms with E-state index in [1.54, 1.807) is 0 Å². The lowest BCUT2D eigenvalue weighted by molar-refractivity contribution is -0.155. The van der Waals surface area contributed by atoms with Crippen LogP contribution in [0, 0.1) is 5.92 Å². The summed E-state index contributed by atoms with van der Waals surface area (Å²) in [6.07, 6.45) is 2.98. The Morgan fingerprint density at radius 3 is 3.05 bits per heavy atom. The number of likely N-dealkylation sites (N-methyl/N-ethyl adjacent to an activating group) is 1. The van der Waals surface area contributed by atoms with Gasteiger partial charge in [0.2, 0.25) is 0 Å². The number of hydrogen-bond acceptors (Lipinski definition) is 4. The molecule has 3 unspecified atom stereocenters. The van der Waals surface area contributed by atoms with Gasteiger partial charge in [0.1, 0.15) is 6.10 Å². The molecule has 0 radical (unpaired) electrons. The van der Waals surface area contributed by atoms with E-state index < -0.39 is 0 Å². The van der Waals surface area contributed by atoms with Gasteiger partial charge in [-0.25, -0.2) is 0 Å². The highest BCUT2D eigenvalue weighted by molar-refractivity contribution is 5.74. The molecule has 0 spiro atoms. The Morgan fingerprint density at radius 1 is 1.35 bits per heavy atom. The van der Waals surface area contributed by atoms with Crippen molar-refractivity contribution in [3.05, 3.63) is 35.4 Å². The number of hydrogen-bond donors (Lipinski definition) is 1. The van der Waals surface area contributed by atoms with Crippen LogP contribution >= 0.6 is 0 Å². The van der Waals surface area contributed by atoms with Gasteiger partial charge < -0.3 is 14.8 Å². The molecule has 1 aromatic rings. The second kappa shape index (κ2) is 5.94. The molecule has 0 amide bonds. The molecule has 1 aromatic carbocycles. The third kappa shape index (κ3) is 2.58. The molecule has 0 bridgehead atoms. The Bertz CT molecular complexity index is 488. The minimum absolute atomic E-state index is 0.0707. The molecule has 0 aromatic heterocycles. The fraction of sp³-hybridized carbons (Fsp3) is 0.562. The highest BCUT2D eigenvalue weighted by atomic mass is 16.5. The summed E-state index contributed by atoms with van der Waals surface area (Å²) in [5.74, 6) is -0.322. The van der Waals surface area contributed by atoms with E-state index in [2.05, 4.69) is 17.4 Å². The third-order valence-electron chi connectivity index (χ3n) is 4.33. The highest BCUT2D eigenvalue weighted by Gasteiger charge is 2.36. The minimum Gasteiger partial charge on any atom is -0.457 e. The van der Waals surface area contributed by atoms with Crippen molar-refractivity contribution in [3.8, 4) is 0 Å². The van der Waals surface area contributed by atoms with Crippen molar-refractivity contribution < 1.29 is 14.3 Å². The van der Waals surface area contributed by atoms with Gasteiger partial charge in [-0.3, -0.25) is 4.79 Å². The molecule has 108 valence electrons. The van der Waals surface area contributed by atoms with Crippen LogP contribution < -0.4 is 5.32 Å². The summed E-state index contributed by atoms with van der Waals surface area (Å²) in [7, 11) is 1.86. The van der Waals surface area contributed by atoms with Crippen LogP contribution in [-0.2, 0) is 20.7 Å². The van der Waals surface area contributed by atoms with Crippen molar-refractivity contribution in [1.29, 1.82) is 0 Å². The molecule has 4 nitrogen and oxygen atoms in total. The van der Waals surface area contributed by atoms with E-state index >= 15 is 0 Å². The van der Waals surface area contributed by atoms with Crippen molar-refractivity contribution in [2.45, 2.75) is 31.4 Å². The predicted octanol–water partition coefficient (Wildman–Crippen LogP) is 1.84.